The average Bonchev–Trinajstić information content (AvgIpc) is 3.42. The maximum Gasteiger partial charge on any atom is 0.138 e. The third-order valence-electron chi connectivity index (χ3n) is 6.08. The lowest BCUT2D eigenvalue weighted by molar-refractivity contribution is 0.565. The van der Waals surface area contributed by atoms with Crippen LogP contribution in [0.4, 0.5) is 0 Å². The molecule has 2 fully saturated rings. The SMILES string of the molecule is CC1=CC=C(C2=c3oc4ccccc4c3=CC3CC23)C2CC12. The topological polar surface area (TPSA) is 13.1 Å². The molecule has 4 atom stereocenters. The van der Waals surface area contributed by atoms with Gasteiger partial charge >= 0.3 is 0 Å². The van der Waals surface area contributed by atoms with Gasteiger partial charge in [0.05, 0.1) is 0 Å². The molecule has 0 radical (unpaired) electrons. The minimum absolute atomic E-state index is 0.715. The maximum absolute atomic E-state index is 6.32. The molecule has 1 aromatic carbocycles. The Hall–Kier alpha value is -2.02. The number of benzene rings is 1. The summed E-state index contributed by atoms with van der Waals surface area (Å²) in [5.74, 6) is 3.03. The van der Waals surface area contributed by atoms with E-state index < -0.39 is 0 Å². The van der Waals surface area contributed by atoms with Gasteiger partial charge in [0, 0.05) is 16.2 Å². The lowest BCUT2D eigenvalue weighted by Gasteiger charge is -2.16. The quantitative estimate of drug-likeness (QED) is 0.781. The molecule has 108 valence electrons. The van der Waals surface area contributed by atoms with Crippen LogP contribution in [-0.2, 0) is 0 Å². The summed E-state index contributed by atoms with van der Waals surface area (Å²) in [7, 11) is 0. The van der Waals surface area contributed by atoms with Crippen LogP contribution < -0.4 is 10.6 Å². The molecule has 4 unspecified atom stereocenters. The van der Waals surface area contributed by atoms with Gasteiger partial charge in [-0.2, -0.15) is 0 Å². The molecule has 6 rings (SSSR count). The smallest absolute Gasteiger partial charge is 0.138 e. The Kier molecular flexibility index (Phi) is 1.92. The summed E-state index contributed by atoms with van der Waals surface area (Å²) in [6, 6.07) is 8.49. The number of furan rings is 1. The predicted octanol–water partition coefficient (Wildman–Crippen LogP) is 3.54. The van der Waals surface area contributed by atoms with Crippen LogP contribution in [0.1, 0.15) is 19.8 Å². The van der Waals surface area contributed by atoms with E-state index >= 15 is 0 Å². The van der Waals surface area contributed by atoms with E-state index in [1.807, 2.05) is 0 Å². The first-order chi connectivity index (χ1) is 10.8. The van der Waals surface area contributed by atoms with Crippen LogP contribution in [0.25, 0.3) is 22.6 Å². The highest BCUT2D eigenvalue weighted by Gasteiger charge is 2.49. The minimum atomic E-state index is 0.715. The van der Waals surface area contributed by atoms with Crippen molar-refractivity contribution in [2.45, 2.75) is 19.8 Å². The van der Waals surface area contributed by atoms with Crippen molar-refractivity contribution in [2.75, 3.05) is 0 Å². The van der Waals surface area contributed by atoms with Crippen molar-refractivity contribution in [1.82, 2.24) is 0 Å². The Morgan fingerprint density at radius 2 is 1.91 bits per heavy atom. The highest BCUT2D eigenvalue weighted by atomic mass is 16.3. The molecule has 0 saturated heterocycles. The summed E-state index contributed by atoms with van der Waals surface area (Å²) < 4.78 is 6.32. The van der Waals surface area contributed by atoms with E-state index in [1.54, 1.807) is 11.1 Å². The lowest BCUT2D eigenvalue weighted by Crippen LogP contribution is -2.28. The van der Waals surface area contributed by atoms with Gasteiger partial charge in [-0.15, -0.1) is 0 Å². The molecule has 0 aliphatic heterocycles. The number of hydrogen-bond donors (Lipinski definition) is 0. The number of fused-ring (bicyclic) bond motifs is 5. The van der Waals surface area contributed by atoms with Crippen molar-refractivity contribution in [3.05, 3.63) is 58.2 Å². The first-order valence-corrected chi connectivity index (χ1v) is 8.43. The van der Waals surface area contributed by atoms with E-state index in [0.717, 1.165) is 23.3 Å². The second kappa shape index (κ2) is 3.65. The molecule has 0 N–H and O–H groups in total. The second-order valence-corrected chi connectivity index (χ2v) is 7.41. The standard InChI is InChI=1S/C21H18O/c1-11-6-7-14(17-10-15(11)17)20-16-8-12(16)9-18-13-4-2-3-5-19(13)22-21(18)20/h2-7,9,12,15-17H,8,10H2,1H3. The predicted molar refractivity (Wildman–Crippen MR) is 88.4 cm³/mol. The van der Waals surface area contributed by atoms with Crippen LogP contribution in [0.3, 0.4) is 0 Å². The summed E-state index contributed by atoms with van der Waals surface area (Å²) >= 11 is 0. The van der Waals surface area contributed by atoms with Crippen molar-refractivity contribution in [1.29, 1.82) is 0 Å². The van der Waals surface area contributed by atoms with E-state index in [-0.39, 0.29) is 0 Å². The third-order valence-corrected chi connectivity index (χ3v) is 6.08. The van der Waals surface area contributed by atoms with Crippen LogP contribution in [-0.4, -0.2) is 0 Å². The first-order valence-electron chi connectivity index (χ1n) is 8.43. The Morgan fingerprint density at radius 1 is 1.00 bits per heavy atom. The number of para-hydroxylation sites is 1. The molecule has 22 heavy (non-hydrogen) atoms. The summed E-state index contributed by atoms with van der Waals surface area (Å²) in [5, 5.41) is 2.64. The number of hydrogen-bond acceptors (Lipinski definition) is 1. The van der Waals surface area contributed by atoms with Crippen LogP contribution in [0.2, 0.25) is 0 Å². The van der Waals surface area contributed by atoms with Gasteiger partial charge in [0.1, 0.15) is 11.0 Å². The van der Waals surface area contributed by atoms with Gasteiger partial charge in [0.25, 0.3) is 0 Å². The van der Waals surface area contributed by atoms with Crippen LogP contribution in [0, 0.1) is 23.7 Å². The van der Waals surface area contributed by atoms with Gasteiger partial charge in [-0.25, -0.2) is 0 Å². The van der Waals surface area contributed by atoms with Gasteiger partial charge in [0.2, 0.25) is 0 Å². The van der Waals surface area contributed by atoms with E-state index in [9.17, 15) is 0 Å². The zero-order valence-corrected chi connectivity index (χ0v) is 12.7. The fraction of sp³-hybridized carbons (Fsp3) is 0.333. The fourth-order valence-corrected chi connectivity index (χ4v) is 4.69. The first kappa shape index (κ1) is 11.5. The Balaban J connectivity index is 1.71. The van der Waals surface area contributed by atoms with E-state index in [1.165, 1.54) is 34.4 Å². The van der Waals surface area contributed by atoms with Gasteiger partial charge in [-0.1, -0.05) is 42.0 Å². The third kappa shape index (κ3) is 1.35. The normalized spacial score (nSPS) is 34.1. The molecule has 4 aliphatic rings. The molecule has 0 bridgehead atoms. The highest BCUT2D eigenvalue weighted by Crippen LogP contribution is 2.58. The Morgan fingerprint density at radius 3 is 2.86 bits per heavy atom. The molecule has 4 aliphatic carbocycles. The molecular weight excluding hydrogens is 268 g/mol. The molecule has 0 amide bonds. The molecule has 1 aromatic heterocycles. The van der Waals surface area contributed by atoms with Crippen molar-refractivity contribution in [3.8, 4) is 0 Å². The van der Waals surface area contributed by atoms with Crippen LogP contribution >= 0.6 is 0 Å². The summed E-state index contributed by atoms with van der Waals surface area (Å²) in [4.78, 5) is 0. The zero-order chi connectivity index (χ0) is 14.4. The van der Waals surface area contributed by atoms with E-state index in [0.29, 0.717) is 5.92 Å². The monoisotopic (exact) mass is 286 g/mol. The molecule has 1 heterocycles. The number of rotatable bonds is 1. The lowest BCUT2D eigenvalue weighted by atomic mass is 9.88. The fourth-order valence-electron chi connectivity index (χ4n) is 4.69. The summed E-state index contributed by atoms with van der Waals surface area (Å²) in [6.45, 7) is 2.28. The van der Waals surface area contributed by atoms with Crippen molar-refractivity contribution >= 4 is 22.6 Å². The number of allylic oxidation sites excluding steroid dienone is 4. The van der Waals surface area contributed by atoms with Crippen LogP contribution in [0.15, 0.2) is 52.0 Å². The molecule has 2 aromatic rings. The van der Waals surface area contributed by atoms with Gasteiger partial charge < -0.3 is 4.42 Å². The summed E-state index contributed by atoms with van der Waals surface area (Å²) in [5.41, 5.74) is 6.89. The van der Waals surface area contributed by atoms with Crippen molar-refractivity contribution in [3.63, 3.8) is 0 Å². The van der Waals surface area contributed by atoms with Crippen LogP contribution in [0.5, 0.6) is 0 Å². The van der Waals surface area contributed by atoms with Crippen molar-refractivity contribution < 1.29 is 4.42 Å². The average molecular weight is 286 g/mol. The second-order valence-electron chi connectivity index (χ2n) is 7.41. The zero-order valence-electron chi connectivity index (χ0n) is 12.7. The molecule has 1 heteroatoms. The minimum Gasteiger partial charge on any atom is -0.456 e. The van der Waals surface area contributed by atoms with Gasteiger partial charge in [-0.05, 0) is 55.1 Å². The molecular formula is C21H18O. The molecule has 2 saturated carbocycles. The van der Waals surface area contributed by atoms with Gasteiger partial charge in [0.15, 0.2) is 0 Å². The highest BCUT2D eigenvalue weighted by molar-refractivity contribution is 5.84. The summed E-state index contributed by atoms with van der Waals surface area (Å²) in [6.07, 6.45) is 9.84. The van der Waals surface area contributed by atoms with Gasteiger partial charge in [-0.3, -0.25) is 0 Å². The largest absolute Gasteiger partial charge is 0.456 e. The maximum atomic E-state index is 6.32. The van der Waals surface area contributed by atoms with E-state index in [4.69, 9.17) is 4.42 Å². The van der Waals surface area contributed by atoms with Crippen molar-refractivity contribution in [2.24, 2.45) is 23.7 Å². The molecule has 0 spiro atoms. The van der Waals surface area contributed by atoms with E-state index in [2.05, 4.69) is 49.4 Å². The molecule has 1 nitrogen and oxygen atoms in total. The Labute approximate surface area is 129 Å². The Bertz CT molecular complexity index is 1010.